The number of hydrogen-bond acceptors (Lipinski definition) is 6. The first-order valence-corrected chi connectivity index (χ1v) is 11.2. The van der Waals surface area contributed by atoms with Crippen molar-refractivity contribution in [2.45, 2.75) is 38.3 Å². The number of aliphatic imine (C=N–C) groups is 1. The fourth-order valence-corrected chi connectivity index (χ4v) is 4.19. The molecule has 1 amide bonds. The normalized spacial score (nSPS) is 17.2. The molecule has 2 aromatic rings. The second-order valence-corrected chi connectivity index (χ2v) is 9.78. The number of pyridine rings is 1. The Kier molecular flexibility index (Phi) is 7.09. The molecular weight excluding hydrogens is 535 g/mol. The number of amides is 1. The molecule has 0 radical (unpaired) electrons. The minimum atomic E-state index is -1.54. The van der Waals surface area contributed by atoms with Gasteiger partial charge in [0.1, 0.15) is 22.0 Å². The summed E-state index contributed by atoms with van der Waals surface area (Å²) in [5.41, 5.74) is 4.44. The number of methoxy groups -OCH3 is 1. The smallest absolute Gasteiger partial charge is 0.437 e. The summed E-state index contributed by atoms with van der Waals surface area (Å²) in [7, 11) is 2.72. The molecule has 34 heavy (non-hydrogen) atoms. The molecule has 182 valence electrons. The van der Waals surface area contributed by atoms with Crippen LogP contribution in [-0.2, 0) is 19.8 Å². The van der Waals surface area contributed by atoms with E-state index >= 15 is 0 Å². The standard InChI is InChI=1S/C22H23BrClFN4O5/c1-21(2,3)34-20(31)28-19(26)29(4)22(10-16(30)32-5)12-8-11(23)6-7-14(12)33-17-13(22)9-15(24)27-18(17)25/h6-9H,10H2,1-5H3,(H2,26,28,31). The maximum Gasteiger partial charge on any atom is 0.437 e. The molecule has 0 spiro atoms. The van der Waals surface area contributed by atoms with Crippen LogP contribution in [0.25, 0.3) is 0 Å². The highest BCUT2D eigenvalue weighted by atomic mass is 79.9. The maximum absolute atomic E-state index is 14.9. The molecule has 1 aliphatic heterocycles. The zero-order valence-electron chi connectivity index (χ0n) is 19.1. The Bertz CT molecular complexity index is 1190. The van der Waals surface area contributed by atoms with Crippen LogP contribution in [0.15, 0.2) is 33.7 Å². The quantitative estimate of drug-likeness (QED) is 0.249. The van der Waals surface area contributed by atoms with Gasteiger partial charge in [0.15, 0.2) is 5.75 Å². The van der Waals surface area contributed by atoms with Gasteiger partial charge in [0, 0.05) is 22.6 Å². The van der Waals surface area contributed by atoms with Gasteiger partial charge in [-0.3, -0.25) is 4.79 Å². The lowest BCUT2D eigenvalue weighted by Crippen LogP contribution is -2.53. The van der Waals surface area contributed by atoms with Crippen LogP contribution in [0.4, 0.5) is 9.18 Å². The molecule has 0 saturated heterocycles. The SMILES string of the molecule is COC(=O)CC1(N(C)C(N)=NC(=O)OC(C)(C)C)c2cc(Br)ccc2Oc2c1cc(Cl)nc2F. The van der Waals surface area contributed by atoms with Crippen LogP contribution in [-0.4, -0.2) is 47.7 Å². The van der Waals surface area contributed by atoms with Crippen LogP contribution < -0.4 is 10.5 Å². The first-order chi connectivity index (χ1) is 15.8. The largest absolute Gasteiger partial charge is 0.469 e. The highest BCUT2D eigenvalue weighted by molar-refractivity contribution is 9.10. The summed E-state index contributed by atoms with van der Waals surface area (Å²) in [6.45, 7) is 5.04. The van der Waals surface area contributed by atoms with Gasteiger partial charge in [0.2, 0.25) is 5.96 Å². The summed E-state index contributed by atoms with van der Waals surface area (Å²) in [5, 5.41) is -0.177. The van der Waals surface area contributed by atoms with Crippen molar-refractivity contribution in [2.75, 3.05) is 14.2 Å². The van der Waals surface area contributed by atoms with E-state index in [9.17, 15) is 14.0 Å². The Morgan fingerprint density at radius 3 is 2.62 bits per heavy atom. The van der Waals surface area contributed by atoms with E-state index in [1.807, 2.05) is 0 Å². The van der Waals surface area contributed by atoms with E-state index in [4.69, 9.17) is 31.5 Å². The summed E-state index contributed by atoms with van der Waals surface area (Å²) >= 11 is 9.51. The number of benzene rings is 1. The number of fused-ring (bicyclic) bond motifs is 2. The summed E-state index contributed by atoms with van der Waals surface area (Å²) in [6.07, 6.45) is -1.30. The molecule has 2 heterocycles. The molecular formula is C22H23BrClFN4O5. The van der Waals surface area contributed by atoms with E-state index in [-0.39, 0.29) is 34.6 Å². The molecule has 9 nitrogen and oxygen atoms in total. The minimum absolute atomic E-state index is 0.144. The summed E-state index contributed by atoms with van der Waals surface area (Å²) in [4.78, 5) is 33.9. The zero-order chi connectivity index (χ0) is 25.4. The van der Waals surface area contributed by atoms with Crippen LogP contribution in [0.1, 0.15) is 38.3 Å². The van der Waals surface area contributed by atoms with E-state index in [2.05, 4.69) is 25.9 Å². The van der Waals surface area contributed by atoms with Gasteiger partial charge in [-0.15, -0.1) is 4.99 Å². The van der Waals surface area contributed by atoms with Crippen LogP contribution >= 0.6 is 27.5 Å². The Morgan fingerprint density at radius 1 is 1.32 bits per heavy atom. The van der Waals surface area contributed by atoms with Crippen molar-refractivity contribution in [3.05, 3.63) is 51.0 Å². The number of aromatic nitrogens is 1. The third-order valence-electron chi connectivity index (χ3n) is 5.09. The number of carbonyl (C=O) groups excluding carboxylic acids is 2. The van der Waals surface area contributed by atoms with Crippen molar-refractivity contribution >= 4 is 45.6 Å². The van der Waals surface area contributed by atoms with Gasteiger partial charge in [-0.25, -0.2) is 9.78 Å². The average molecular weight is 558 g/mol. The first kappa shape index (κ1) is 25.7. The number of esters is 1. The van der Waals surface area contributed by atoms with E-state index in [0.717, 1.165) is 0 Å². The Labute approximate surface area is 209 Å². The second kappa shape index (κ2) is 9.38. The van der Waals surface area contributed by atoms with Crippen molar-refractivity contribution in [3.8, 4) is 11.5 Å². The lowest BCUT2D eigenvalue weighted by Gasteiger charge is -2.46. The second-order valence-electron chi connectivity index (χ2n) is 8.48. The van der Waals surface area contributed by atoms with Gasteiger partial charge in [-0.2, -0.15) is 4.39 Å². The molecule has 0 aliphatic carbocycles. The molecule has 1 unspecified atom stereocenters. The number of nitrogens with zero attached hydrogens (tertiary/aromatic N) is 3. The number of guanidine groups is 1. The molecule has 3 rings (SSSR count). The predicted octanol–water partition coefficient (Wildman–Crippen LogP) is 4.73. The van der Waals surface area contributed by atoms with Gasteiger partial charge in [0.05, 0.1) is 13.5 Å². The van der Waals surface area contributed by atoms with Crippen LogP contribution in [0.2, 0.25) is 5.15 Å². The van der Waals surface area contributed by atoms with E-state index in [1.165, 1.54) is 25.1 Å². The van der Waals surface area contributed by atoms with E-state index in [1.54, 1.807) is 39.0 Å². The van der Waals surface area contributed by atoms with Crippen molar-refractivity contribution in [3.63, 3.8) is 0 Å². The van der Waals surface area contributed by atoms with Crippen molar-refractivity contribution < 1.29 is 28.2 Å². The predicted molar refractivity (Wildman–Crippen MR) is 126 cm³/mol. The van der Waals surface area contributed by atoms with E-state index < -0.39 is 29.2 Å². The molecule has 1 atom stereocenters. The van der Waals surface area contributed by atoms with Crippen molar-refractivity contribution in [1.29, 1.82) is 0 Å². The molecule has 12 heteroatoms. The van der Waals surface area contributed by atoms with Crippen LogP contribution in [0.3, 0.4) is 0 Å². The lowest BCUT2D eigenvalue weighted by molar-refractivity contribution is -0.143. The molecule has 1 aliphatic rings. The number of halogens is 3. The van der Waals surface area contributed by atoms with Gasteiger partial charge >= 0.3 is 12.1 Å². The van der Waals surface area contributed by atoms with Crippen LogP contribution in [0.5, 0.6) is 11.5 Å². The minimum Gasteiger partial charge on any atom is -0.469 e. The Hall–Kier alpha value is -2.92. The first-order valence-electron chi connectivity index (χ1n) is 10.0. The number of nitrogens with two attached hydrogens (primary N) is 1. The topological polar surface area (TPSA) is 116 Å². The molecule has 2 N–H and O–H groups in total. The molecule has 1 aromatic heterocycles. The summed E-state index contributed by atoms with van der Waals surface area (Å²) in [6, 6.07) is 6.33. The van der Waals surface area contributed by atoms with Crippen molar-refractivity contribution in [2.24, 2.45) is 10.7 Å². The number of hydrogen-bond donors (Lipinski definition) is 1. The summed E-state index contributed by atoms with van der Waals surface area (Å²) in [5.74, 6) is -1.95. The number of ether oxygens (including phenoxy) is 3. The van der Waals surface area contributed by atoms with Gasteiger partial charge in [-0.05, 0) is 45.0 Å². The number of carbonyl (C=O) groups is 2. The highest BCUT2D eigenvalue weighted by Gasteiger charge is 2.50. The Balaban J connectivity index is 2.32. The average Bonchev–Trinajstić information content (AvgIpc) is 2.72. The van der Waals surface area contributed by atoms with Crippen molar-refractivity contribution in [1.82, 2.24) is 9.88 Å². The molecule has 0 fully saturated rings. The van der Waals surface area contributed by atoms with Crippen LogP contribution in [0, 0.1) is 5.95 Å². The molecule has 1 aromatic carbocycles. The lowest BCUT2D eigenvalue weighted by atomic mass is 9.76. The maximum atomic E-state index is 14.9. The third-order valence-corrected chi connectivity index (χ3v) is 5.78. The van der Waals surface area contributed by atoms with E-state index in [0.29, 0.717) is 10.0 Å². The fraction of sp³-hybridized carbons (Fsp3) is 0.364. The highest BCUT2D eigenvalue weighted by Crippen LogP contribution is 2.53. The third kappa shape index (κ3) is 4.95. The monoisotopic (exact) mass is 556 g/mol. The van der Waals surface area contributed by atoms with Gasteiger partial charge in [0.25, 0.3) is 5.95 Å². The zero-order valence-corrected chi connectivity index (χ0v) is 21.5. The van der Waals surface area contributed by atoms with Gasteiger partial charge < -0.3 is 24.8 Å². The Morgan fingerprint density at radius 2 is 2.00 bits per heavy atom. The van der Waals surface area contributed by atoms with Gasteiger partial charge in [-0.1, -0.05) is 27.5 Å². The number of rotatable bonds is 3. The summed E-state index contributed by atoms with van der Waals surface area (Å²) < 4.78 is 31.5. The fourth-order valence-electron chi connectivity index (χ4n) is 3.65. The molecule has 0 saturated carbocycles. The molecule has 0 bridgehead atoms.